The second-order valence-electron chi connectivity index (χ2n) is 7.43. The van der Waals surface area contributed by atoms with Crippen molar-refractivity contribution in [2.45, 2.75) is 24.0 Å². The van der Waals surface area contributed by atoms with Gasteiger partial charge in [0.15, 0.2) is 0 Å². The summed E-state index contributed by atoms with van der Waals surface area (Å²) in [5, 5.41) is 4.81. The van der Waals surface area contributed by atoms with E-state index in [0.29, 0.717) is 24.7 Å². The van der Waals surface area contributed by atoms with Gasteiger partial charge in [0.25, 0.3) is 0 Å². The number of rotatable bonds is 8. The highest BCUT2D eigenvalue weighted by Gasteiger charge is 2.36. The molecule has 0 aliphatic carbocycles. The predicted octanol–water partition coefficient (Wildman–Crippen LogP) is 1.19. The van der Waals surface area contributed by atoms with Gasteiger partial charge in [0.2, 0.25) is 10.0 Å². The standard InChI is InChI=1S/C22H25F2N3O6S/c1-32-17-6-3-15(4-7-17)9-10-25-21(28)22(29)26-14-20-27(11-2-12-33-20)34(30,31)19-13-16(23)5-8-18(19)24/h3-8,13,20H,2,9-12,14H2,1H3,(H,25,28)(H,26,29)/t20-/m0/s1. The van der Waals surface area contributed by atoms with E-state index in [4.69, 9.17) is 9.47 Å². The number of nitrogens with one attached hydrogen (secondary N) is 2. The van der Waals surface area contributed by atoms with Crippen molar-refractivity contribution < 1.29 is 36.3 Å². The first-order chi connectivity index (χ1) is 16.2. The van der Waals surface area contributed by atoms with E-state index >= 15 is 0 Å². The molecule has 1 fully saturated rings. The summed E-state index contributed by atoms with van der Waals surface area (Å²) in [6, 6.07) is 9.36. The first kappa shape index (κ1) is 25.5. The van der Waals surface area contributed by atoms with Crippen LogP contribution in [0, 0.1) is 11.6 Å². The van der Waals surface area contributed by atoms with Crippen molar-refractivity contribution in [1.82, 2.24) is 14.9 Å². The summed E-state index contributed by atoms with van der Waals surface area (Å²) in [5.74, 6) is -3.18. The van der Waals surface area contributed by atoms with Crippen LogP contribution in [0.2, 0.25) is 0 Å². The molecule has 1 heterocycles. The average molecular weight is 498 g/mol. The normalized spacial score (nSPS) is 16.6. The molecule has 9 nitrogen and oxygen atoms in total. The molecule has 0 aromatic heterocycles. The Hall–Kier alpha value is -3.09. The number of ether oxygens (including phenoxy) is 2. The van der Waals surface area contributed by atoms with E-state index in [-0.39, 0.29) is 26.2 Å². The molecule has 2 amide bonds. The zero-order valence-corrected chi connectivity index (χ0v) is 19.2. The third-order valence-corrected chi connectivity index (χ3v) is 7.04. The van der Waals surface area contributed by atoms with Gasteiger partial charge in [-0.15, -0.1) is 0 Å². The number of methoxy groups -OCH3 is 1. The monoisotopic (exact) mass is 497 g/mol. The van der Waals surface area contributed by atoms with Gasteiger partial charge in [0.1, 0.15) is 28.5 Å². The topological polar surface area (TPSA) is 114 Å². The molecule has 1 aliphatic rings. The maximum absolute atomic E-state index is 14.1. The SMILES string of the molecule is COc1ccc(CCNC(=O)C(=O)NC[C@@H]2OCCCN2S(=O)(=O)c2cc(F)ccc2F)cc1. The molecular weight excluding hydrogens is 472 g/mol. The van der Waals surface area contributed by atoms with E-state index in [1.807, 2.05) is 12.1 Å². The van der Waals surface area contributed by atoms with Crippen LogP contribution in [0.3, 0.4) is 0 Å². The van der Waals surface area contributed by atoms with Crippen LogP contribution < -0.4 is 15.4 Å². The molecular formula is C22H25F2N3O6S. The highest BCUT2D eigenvalue weighted by Crippen LogP contribution is 2.24. The summed E-state index contributed by atoms with van der Waals surface area (Å²) in [6.07, 6.45) is -0.371. The second-order valence-corrected chi connectivity index (χ2v) is 9.29. The fraction of sp³-hybridized carbons (Fsp3) is 0.364. The molecule has 3 rings (SSSR count). The third-order valence-electron chi connectivity index (χ3n) is 5.14. The molecule has 34 heavy (non-hydrogen) atoms. The van der Waals surface area contributed by atoms with E-state index in [1.165, 1.54) is 0 Å². The van der Waals surface area contributed by atoms with Crippen molar-refractivity contribution in [2.75, 3.05) is 33.4 Å². The quantitative estimate of drug-likeness (QED) is 0.530. The first-order valence-corrected chi connectivity index (χ1v) is 11.9. The minimum Gasteiger partial charge on any atom is -0.497 e. The molecule has 0 spiro atoms. The number of carbonyl (C=O) groups is 2. The number of hydrogen-bond acceptors (Lipinski definition) is 6. The Balaban J connectivity index is 1.55. The molecule has 2 N–H and O–H groups in total. The van der Waals surface area contributed by atoms with Crippen LogP contribution in [0.25, 0.3) is 0 Å². The van der Waals surface area contributed by atoms with Crippen LogP contribution in [0.5, 0.6) is 5.75 Å². The number of halogens is 2. The molecule has 2 aromatic rings. The summed E-state index contributed by atoms with van der Waals surface area (Å²) < 4.78 is 64.8. The van der Waals surface area contributed by atoms with Crippen LogP contribution >= 0.6 is 0 Å². The molecule has 0 saturated carbocycles. The van der Waals surface area contributed by atoms with Crippen molar-refractivity contribution in [3.8, 4) is 5.75 Å². The van der Waals surface area contributed by atoms with E-state index in [1.54, 1.807) is 19.2 Å². The molecule has 1 saturated heterocycles. The maximum atomic E-state index is 14.1. The van der Waals surface area contributed by atoms with E-state index < -0.39 is 44.6 Å². The summed E-state index contributed by atoms with van der Waals surface area (Å²) in [6.45, 7) is 0.0396. The van der Waals surface area contributed by atoms with Crippen LogP contribution in [-0.4, -0.2) is 64.1 Å². The third kappa shape index (κ3) is 6.27. The highest BCUT2D eigenvalue weighted by atomic mass is 32.2. The first-order valence-electron chi connectivity index (χ1n) is 10.5. The molecule has 12 heteroatoms. The number of carbonyl (C=O) groups excluding carboxylic acids is 2. The van der Waals surface area contributed by atoms with Gasteiger partial charge < -0.3 is 20.1 Å². The van der Waals surface area contributed by atoms with E-state index in [2.05, 4.69) is 10.6 Å². The minimum absolute atomic E-state index is 0.0210. The van der Waals surface area contributed by atoms with Gasteiger partial charge >= 0.3 is 11.8 Å². The van der Waals surface area contributed by atoms with Gasteiger partial charge in [0.05, 0.1) is 20.3 Å². The Bertz CT molecular complexity index is 1130. The number of sulfonamides is 1. The molecule has 0 bridgehead atoms. The van der Waals surface area contributed by atoms with Crippen LogP contribution in [0.4, 0.5) is 8.78 Å². The largest absolute Gasteiger partial charge is 0.497 e. The van der Waals surface area contributed by atoms with Crippen molar-refractivity contribution in [3.63, 3.8) is 0 Å². The Morgan fingerprint density at radius 3 is 2.53 bits per heavy atom. The lowest BCUT2D eigenvalue weighted by molar-refractivity contribution is -0.140. The van der Waals surface area contributed by atoms with E-state index in [9.17, 15) is 26.8 Å². The number of nitrogens with zero attached hydrogens (tertiary/aromatic N) is 1. The molecule has 0 unspecified atom stereocenters. The highest BCUT2D eigenvalue weighted by molar-refractivity contribution is 7.89. The van der Waals surface area contributed by atoms with Crippen molar-refractivity contribution >= 4 is 21.8 Å². The van der Waals surface area contributed by atoms with Crippen LogP contribution in [0.15, 0.2) is 47.4 Å². The van der Waals surface area contributed by atoms with Gasteiger partial charge in [-0.05, 0) is 48.7 Å². The fourth-order valence-corrected chi connectivity index (χ4v) is 5.00. The van der Waals surface area contributed by atoms with Gasteiger partial charge in [0, 0.05) is 13.1 Å². The fourth-order valence-electron chi connectivity index (χ4n) is 3.36. The van der Waals surface area contributed by atoms with Crippen molar-refractivity contribution in [2.24, 2.45) is 0 Å². The predicted molar refractivity (Wildman–Crippen MR) is 117 cm³/mol. The smallest absolute Gasteiger partial charge is 0.309 e. The van der Waals surface area contributed by atoms with Gasteiger partial charge in [-0.1, -0.05) is 12.1 Å². The van der Waals surface area contributed by atoms with Gasteiger partial charge in [-0.2, -0.15) is 4.31 Å². The molecule has 0 radical (unpaired) electrons. The lowest BCUT2D eigenvalue weighted by Gasteiger charge is -2.34. The zero-order valence-electron chi connectivity index (χ0n) is 18.4. The lowest BCUT2D eigenvalue weighted by atomic mass is 10.1. The molecule has 1 aliphatic heterocycles. The van der Waals surface area contributed by atoms with Gasteiger partial charge in [-0.3, -0.25) is 9.59 Å². The molecule has 184 valence electrons. The van der Waals surface area contributed by atoms with Crippen LogP contribution in [-0.2, 0) is 30.8 Å². The second kappa shape index (κ2) is 11.4. The Morgan fingerprint density at radius 2 is 1.82 bits per heavy atom. The number of amides is 2. The Labute approximate surface area is 196 Å². The molecule has 2 aromatic carbocycles. The van der Waals surface area contributed by atoms with Gasteiger partial charge in [-0.25, -0.2) is 17.2 Å². The van der Waals surface area contributed by atoms with Crippen molar-refractivity contribution in [1.29, 1.82) is 0 Å². The number of hydrogen-bond donors (Lipinski definition) is 2. The van der Waals surface area contributed by atoms with Crippen LogP contribution in [0.1, 0.15) is 12.0 Å². The zero-order chi connectivity index (χ0) is 24.7. The Morgan fingerprint density at radius 1 is 1.12 bits per heavy atom. The van der Waals surface area contributed by atoms with E-state index in [0.717, 1.165) is 22.0 Å². The van der Waals surface area contributed by atoms with Crippen molar-refractivity contribution in [3.05, 3.63) is 59.7 Å². The maximum Gasteiger partial charge on any atom is 0.309 e. The lowest BCUT2D eigenvalue weighted by Crippen LogP contribution is -2.53. The summed E-state index contributed by atoms with van der Waals surface area (Å²) >= 11 is 0. The summed E-state index contributed by atoms with van der Waals surface area (Å²) in [7, 11) is -2.89. The average Bonchev–Trinajstić information content (AvgIpc) is 2.84. The minimum atomic E-state index is -4.45. The Kier molecular flexibility index (Phi) is 8.53. The molecule has 1 atom stereocenters. The summed E-state index contributed by atoms with van der Waals surface area (Å²) in [4.78, 5) is 23.4. The number of benzene rings is 2. The summed E-state index contributed by atoms with van der Waals surface area (Å²) in [5.41, 5.74) is 0.933.